The third-order valence-corrected chi connectivity index (χ3v) is 3.13. The van der Waals surface area contributed by atoms with Crippen LogP contribution in [0, 0.1) is 0 Å². The third-order valence-electron chi connectivity index (χ3n) is 2.01. The Bertz CT molecular complexity index is 212. The summed E-state index contributed by atoms with van der Waals surface area (Å²) < 4.78 is 0. The van der Waals surface area contributed by atoms with Crippen LogP contribution in [0.4, 0.5) is 9.59 Å². The minimum Gasteiger partial charge on any atom is -0.352 e. The molecule has 6 nitrogen and oxygen atoms in total. The molecule has 0 bridgehead atoms. The van der Waals surface area contributed by atoms with Gasteiger partial charge < -0.3 is 22.1 Å². The number of nitrogens with one attached hydrogen (secondary N) is 2. The minimum absolute atomic E-state index is 0.110. The molecule has 1 aliphatic rings. The highest BCUT2D eigenvalue weighted by Gasteiger charge is 2.26. The molecular weight excluding hydrogens is 204 g/mol. The molecule has 1 saturated heterocycles. The van der Waals surface area contributed by atoms with Crippen LogP contribution in [-0.2, 0) is 0 Å². The Morgan fingerprint density at radius 2 is 1.71 bits per heavy atom. The molecule has 80 valence electrons. The fraction of sp³-hybridized carbons (Fsp3) is 0.714. The Morgan fingerprint density at radius 3 is 2.29 bits per heavy atom. The van der Waals surface area contributed by atoms with Gasteiger partial charge in [0.05, 0.1) is 12.1 Å². The summed E-state index contributed by atoms with van der Waals surface area (Å²) in [5.74, 6) is 1.69. The van der Waals surface area contributed by atoms with E-state index in [1.807, 2.05) is 0 Å². The highest BCUT2D eigenvalue weighted by molar-refractivity contribution is 7.99. The first-order valence-electron chi connectivity index (χ1n) is 4.29. The van der Waals surface area contributed by atoms with Gasteiger partial charge in [-0.25, -0.2) is 9.59 Å². The zero-order valence-electron chi connectivity index (χ0n) is 7.66. The molecule has 1 rings (SSSR count). The second-order valence-corrected chi connectivity index (χ2v) is 4.24. The summed E-state index contributed by atoms with van der Waals surface area (Å²) in [5.41, 5.74) is 10.0. The van der Waals surface area contributed by atoms with Crippen LogP contribution >= 0.6 is 11.8 Å². The van der Waals surface area contributed by atoms with Crippen molar-refractivity contribution >= 4 is 23.8 Å². The van der Waals surface area contributed by atoms with Crippen LogP contribution < -0.4 is 22.1 Å². The van der Waals surface area contributed by atoms with Crippen LogP contribution in [0.5, 0.6) is 0 Å². The Balaban J connectivity index is 2.49. The normalized spacial score (nSPS) is 26.6. The van der Waals surface area contributed by atoms with E-state index >= 15 is 0 Å². The molecule has 1 aliphatic heterocycles. The van der Waals surface area contributed by atoms with E-state index in [0.29, 0.717) is 0 Å². The highest BCUT2D eigenvalue weighted by atomic mass is 32.2. The summed E-state index contributed by atoms with van der Waals surface area (Å²) in [6.45, 7) is 0. The first-order valence-corrected chi connectivity index (χ1v) is 5.44. The number of primary amides is 2. The van der Waals surface area contributed by atoms with Crippen LogP contribution in [0.25, 0.3) is 0 Å². The fourth-order valence-corrected chi connectivity index (χ4v) is 2.58. The summed E-state index contributed by atoms with van der Waals surface area (Å²) >= 11 is 1.71. The highest BCUT2D eigenvalue weighted by Crippen LogP contribution is 2.17. The van der Waals surface area contributed by atoms with Gasteiger partial charge in [-0.15, -0.1) is 0 Å². The Morgan fingerprint density at radius 1 is 1.14 bits per heavy atom. The summed E-state index contributed by atoms with van der Waals surface area (Å²) in [5, 5.41) is 5.18. The smallest absolute Gasteiger partial charge is 0.312 e. The molecule has 0 aromatic heterocycles. The van der Waals surface area contributed by atoms with E-state index in [-0.39, 0.29) is 12.1 Å². The molecule has 14 heavy (non-hydrogen) atoms. The van der Waals surface area contributed by atoms with E-state index in [4.69, 9.17) is 11.5 Å². The van der Waals surface area contributed by atoms with Crippen molar-refractivity contribution in [1.29, 1.82) is 0 Å². The third kappa shape index (κ3) is 3.33. The largest absolute Gasteiger partial charge is 0.352 e. The van der Waals surface area contributed by atoms with E-state index in [9.17, 15) is 9.59 Å². The van der Waals surface area contributed by atoms with Crippen molar-refractivity contribution < 1.29 is 9.59 Å². The van der Waals surface area contributed by atoms with Gasteiger partial charge in [0.1, 0.15) is 0 Å². The second-order valence-electron chi connectivity index (χ2n) is 3.09. The van der Waals surface area contributed by atoms with Gasteiger partial charge >= 0.3 is 12.1 Å². The molecule has 1 heterocycles. The maximum atomic E-state index is 10.7. The Labute approximate surface area is 86.1 Å². The lowest BCUT2D eigenvalue weighted by Crippen LogP contribution is -2.56. The Kier molecular flexibility index (Phi) is 3.87. The van der Waals surface area contributed by atoms with Crippen LogP contribution in [0.2, 0.25) is 0 Å². The summed E-state index contributed by atoms with van der Waals surface area (Å²) in [6.07, 6.45) is 0.790. The number of hydrogen-bond acceptors (Lipinski definition) is 3. The number of amides is 4. The maximum absolute atomic E-state index is 10.7. The average Bonchev–Trinajstić information content (AvgIpc) is 2.06. The molecule has 0 spiro atoms. The molecule has 0 aromatic rings. The van der Waals surface area contributed by atoms with Crippen LogP contribution in [0.15, 0.2) is 0 Å². The number of hydrogen-bond donors (Lipinski definition) is 4. The molecule has 6 N–H and O–H groups in total. The maximum Gasteiger partial charge on any atom is 0.312 e. The van der Waals surface area contributed by atoms with Gasteiger partial charge in [0.25, 0.3) is 0 Å². The van der Waals surface area contributed by atoms with Crippen molar-refractivity contribution in [2.24, 2.45) is 11.5 Å². The topological polar surface area (TPSA) is 110 Å². The number of thioether (sulfide) groups is 1. The lowest BCUT2D eigenvalue weighted by atomic mass is 10.1. The molecule has 0 aromatic carbocycles. The van der Waals surface area contributed by atoms with Crippen LogP contribution in [0.1, 0.15) is 6.42 Å². The lowest BCUT2D eigenvalue weighted by Gasteiger charge is -2.31. The van der Waals surface area contributed by atoms with Gasteiger partial charge in [0, 0.05) is 5.75 Å². The monoisotopic (exact) mass is 218 g/mol. The quantitative estimate of drug-likeness (QED) is 0.487. The number of carbonyl (C=O) groups excluding carboxylic acids is 2. The molecule has 4 amide bonds. The van der Waals surface area contributed by atoms with Crippen molar-refractivity contribution in [3.63, 3.8) is 0 Å². The zero-order chi connectivity index (χ0) is 10.6. The zero-order valence-corrected chi connectivity index (χ0v) is 8.47. The molecule has 2 atom stereocenters. The van der Waals surface area contributed by atoms with Crippen molar-refractivity contribution in [3.8, 4) is 0 Å². The molecule has 1 fully saturated rings. The predicted molar refractivity (Wildman–Crippen MR) is 55.0 cm³/mol. The minimum atomic E-state index is -0.575. The predicted octanol–water partition coefficient (Wildman–Crippen LogP) is -0.803. The van der Waals surface area contributed by atoms with Gasteiger partial charge in [0.15, 0.2) is 0 Å². The van der Waals surface area contributed by atoms with Crippen molar-refractivity contribution in [3.05, 3.63) is 0 Å². The number of rotatable bonds is 2. The van der Waals surface area contributed by atoms with E-state index in [0.717, 1.165) is 17.9 Å². The molecule has 0 saturated carbocycles. The van der Waals surface area contributed by atoms with Crippen molar-refractivity contribution in [2.75, 3.05) is 11.5 Å². The number of carbonyl (C=O) groups is 2. The van der Waals surface area contributed by atoms with Crippen LogP contribution in [-0.4, -0.2) is 35.7 Å². The lowest BCUT2D eigenvalue weighted by molar-refractivity contribution is 0.233. The molecule has 0 aliphatic carbocycles. The van der Waals surface area contributed by atoms with Crippen LogP contribution in [0.3, 0.4) is 0 Å². The summed E-state index contributed by atoms with van der Waals surface area (Å²) in [7, 11) is 0. The summed E-state index contributed by atoms with van der Waals surface area (Å²) in [4.78, 5) is 21.3. The number of nitrogens with two attached hydrogens (primary N) is 2. The molecule has 0 radical (unpaired) electrons. The SMILES string of the molecule is NC(=O)N[C@H]1CCSC[C@@H]1NC(N)=O. The summed E-state index contributed by atoms with van der Waals surface area (Å²) in [6, 6.07) is -1.38. The van der Waals surface area contributed by atoms with Gasteiger partial charge in [-0.2, -0.15) is 11.8 Å². The van der Waals surface area contributed by atoms with Gasteiger partial charge in [-0.3, -0.25) is 0 Å². The fourth-order valence-electron chi connectivity index (χ4n) is 1.42. The van der Waals surface area contributed by atoms with Crippen molar-refractivity contribution in [1.82, 2.24) is 10.6 Å². The standard InChI is InChI=1S/C7H14N4O2S/c8-6(12)10-4-1-2-14-3-5(4)11-7(9)13/h4-5H,1-3H2,(H3,8,10,12)(H3,9,11,13)/t4-,5-/m0/s1. The molecular formula is C7H14N4O2S. The van der Waals surface area contributed by atoms with E-state index < -0.39 is 12.1 Å². The average molecular weight is 218 g/mol. The first-order chi connectivity index (χ1) is 6.59. The van der Waals surface area contributed by atoms with E-state index in [1.165, 1.54) is 0 Å². The van der Waals surface area contributed by atoms with Gasteiger partial charge in [0.2, 0.25) is 0 Å². The number of urea groups is 2. The molecule has 0 unspecified atom stereocenters. The van der Waals surface area contributed by atoms with E-state index in [2.05, 4.69) is 10.6 Å². The first kappa shape index (κ1) is 11.0. The van der Waals surface area contributed by atoms with Crippen molar-refractivity contribution in [2.45, 2.75) is 18.5 Å². The van der Waals surface area contributed by atoms with E-state index in [1.54, 1.807) is 11.8 Å². The molecule has 7 heteroatoms. The van der Waals surface area contributed by atoms with Gasteiger partial charge in [-0.05, 0) is 12.2 Å². The second kappa shape index (κ2) is 4.94. The Hall–Kier alpha value is -1.11. The van der Waals surface area contributed by atoms with Gasteiger partial charge in [-0.1, -0.05) is 0 Å².